The maximum atomic E-state index is 5.98. The second kappa shape index (κ2) is 6.35. The number of thiol groups is 1. The molecule has 5 aromatic rings. The lowest BCUT2D eigenvalue weighted by Crippen LogP contribution is -2.23. The van der Waals surface area contributed by atoms with E-state index in [0.717, 1.165) is 49.9 Å². The summed E-state index contributed by atoms with van der Waals surface area (Å²) in [5.41, 5.74) is 4.54. The number of hydrogen-bond donors (Lipinski definition) is 1. The van der Waals surface area contributed by atoms with Gasteiger partial charge in [-0.1, -0.05) is 50.2 Å². The Morgan fingerprint density at radius 3 is 2.36 bits per heavy atom. The molecule has 2 heterocycles. The number of furan rings is 1. The van der Waals surface area contributed by atoms with Crippen LogP contribution in [0.4, 0.5) is 0 Å². The van der Waals surface area contributed by atoms with Crippen LogP contribution in [0.25, 0.3) is 44.1 Å². The van der Waals surface area contributed by atoms with Crippen molar-refractivity contribution in [1.82, 2.24) is 9.97 Å². The second-order valence-corrected chi connectivity index (χ2v) is 8.08. The molecule has 0 radical (unpaired) electrons. The van der Waals surface area contributed by atoms with Crippen molar-refractivity contribution in [3.63, 3.8) is 0 Å². The zero-order chi connectivity index (χ0) is 19.3. The van der Waals surface area contributed by atoms with Gasteiger partial charge in [0.15, 0.2) is 0 Å². The molecule has 0 spiro atoms. The van der Waals surface area contributed by atoms with E-state index >= 15 is 0 Å². The van der Waals surface area contributed by atoms with Gasteiger partial charge in [0.2, 0.25) is 0 Å². The van der Waals surface area contributed by atoms with Crippen LogP contribution >= 0.6 is 12.6 Å². The minimum absolute atomic E-state index is 0.214. The van der Waals surface area contributed by atoms with Crippen LogP contribution in [0.15, 0.2) is 71.1 Å². The Morgan fingerprint density at radius 1 is 0.821 bits per heavy atom. The molecular formula is C24H20N2OS. The molecule has 3 nitrogen and oxygen atoms in total. The molecule has 0 fully saturated rings. The summed E-state index contributed by atoms with van der Waals surface area (Å²) in [4.78, 5) is 9.82. The molecule has 0 aliphatic rings. The summed E-state index contributed by atoms with van der Waals surface area (Å²) in [5.74, 6) is 1.49. The van der Waals surface area contributed by atoms with E-state index in [2.05, 4.69) is 50.7 Å². The third-order valence-corrected chi connectivity index (χ3v) is 6.04. The number of fused-ring (bicyclic) bond motifs is 4. The van der Waals surface area contributed by atoms with Crippen LogP contribution in [0.2, 0.25) is 0 Å². The van der Waals surface area contributed by atoms with Gasteiger partial charge in [-0.15, -0.1) is 0 Å². The first-order valence-electron chi connectivity index (χ1n) is 9.37. The van der Waals surface area contributed by atoms with Crippen LogP contribution < -0.4 is 0 Å². The Labute approximate surface area is 168 Å². The third kappa shape index (κ3) is 2.68. The quantitative estimate of drug-likeness (QED) is 0.366. The number of hydrogen-bond acceptors (Lipinski definition) is 4. The van der Waals surface area contributed by atoms with Crippen molar-refractivity contribution in [1.29, 1.82) is 0 Å². The summed E-state index contributed by atoms with van der Waals surface area (Å²) in [7, 11) is 0. The SMILES string of the molecule is CC(C)(CS)c1nc(-c2ccc3oc4ccccc4c3c2)c2ccccc2n1. The van der Waals surface area contributed by atoms with Gasteiger partial charge >= 0.3 is 0 Å². The van der Waals surface area contributed by atoms with Gasteiger partial charge in [-0.2, -0.15) is 12.6 Å². The summed E-state index contributed by atoms with van der Waals surface area (Å²) < 4.78 is 5.98. The highest BCUT2D eigenvalue weighted by atomic mass is 32.1. The molecule has 0 atom stereocenters. The molecule has 0 amide bonds. The summed E-state index contributed by atoms with van der Waals surface area (Å²) in [6, 6.07) is 22.6. The molecule has 28 heavy (non-hydrogen) atoms. The van der Waals surface area contributed by atoms with Crippen LogP contribution in [0.3, 0.4) is 0 Å². The van der Waals surface area contributed by atoms with E-state index in [0.29, 0.717) is 5.75 Å². The first kappa shape index (κ1) is 17.3. The molecule has 0 aliphatic carbocycles. The monoisotopic (exact) mass is 384 g/mol. The van der Waals surface area contributed by atoms with Crippen molar-refractivity contribution in [2.75, 3.05) is 5.75 Å². The Balaban J connectivity index is 1.81. The van der Waals surface area contributed by atoms with Crippen LogP contribution in [-0.2, 0) is 5.41 Å². The molecule has 2 aromatic heterocycles. The number of rotatable bonds is 3. The largest absolute Gasteiger partial charge is 0.456 e. The van der Waals surface area contributed by atoms with E-state index in [9.17, 15) is 0 Å². The van der Waals surface area contributed by atoms with Gasteiger partial charge < -0.3 is 4.42 Å². The van der Waals surface area contributed by atoms with Crippen molar-refractivity contribution in [3.05, 3.63) is 72.6 Å². The van der Waals surface area contributed by atoms with Crippen LogP contribution in [0, 0.1) is 0 Å². The molecule has 0 N–H and O–H groups in total. The van der Waals surface area contributed by atoms with E-state index in [1.54, 1.807) is 0 Å². The fourth-order valence-corrected chi connectivity index (χ4v) is 3.68. The topological polar surface area (TPSA) is 38.9 Å². The van der Waals surface area contributed by atoms with Crippen LogP contribution in [-0.4, -0.2) is 15.7 Å². The number of benzene rings is 3. The summed E-state index contributed by atoms with van der Waals surface area (Å²) in [5, 5.41) is 3.27. The van der Waals surface area contributed by atoms with Crippen molar-refractivity contribution >= 4 is 45.5 Å². The molecule has 4 heteroatoms. The number of para-hydroxylation sites is 2. The Hall–Kier alpha value is -2.85. The molecule has 0 saturated carbocycles. The predicted molar refractivity (Wildman–Crippen MR) is 119 cm³/mol. The van der Waals surface area contributed by atoms with E-state index < -0.39 is 0 Å². The summed E-state index contributed by atoms with van der Waals surface area (Å²) >= 11 is 4.52. The van der Waals surface area contributed by atoms with Gasteiger partial charge in [-0.05, 0) is 30.3 Å². The molecule has 3 aromatic carbocycles. The normalized spacial score (nSPS) is 12.2. The predicted octanol–water partition coefficient (Wildman–Crippen LogP) is 6.40. The molecule has 0 unspecified atom stereocenters. The lowest BCUT2D eigenvalue weighted by Gasteiger charge is -2.21. The highest BCUT2D eigenvalue weighted by Crippen LogP contribution is 2.35. The van der Waals surface area contributed by atoms with Crippen molar-refractivity contribution in [2.24, 2.45) is 0 Å². The molecule has 5 rings (SSSR count). The van der Waals surface area contributed by atoms with Gasteiger partial charge in [0.05, 0.1) is 11.2 Å². The third-order valence-electron chi connectivity index (χ3n) is 5.25. The Kier molecular flexibility index (Phi) is 3.91. The zero-order valence-corrected chi connectivity index (χ0v) is 16.7. The molecule has 138 valence electrons. The minimum atomic E-state index is -0.214. The smallest absolute Gasteiger partial charge is 0.136 e. The zero-order valence-electron chi connectivity index (χ0n) is 15.8. The van der Waals surface area contributed by atoms with E-state index in [1.807, 2.05) is 42.5 Å². The summed E-state index contributed by atoms with van der Waals surface area (Å²) in [6.45, 7) is 4.25. The van der Waals surface area contributed by atoms with Crippen molar-refractivity contribution in [3.8, 4) is 11.3 Å². The highest BCUT2D eigenvalue weighted by molar-refractivity contribution is 7.80. The Bertz CT molecular complexity index is 1340. The van der Waals surface area contributed by atoms with E-state index in [1.165, 1.54) is 0 Å². The average molecular weight is 385 g/mol. The first-order chi connectivity index (χ1) is 13.6. The number of aromatic nitrogens is 2. The van der Waals surface area contributed by atoms with Gasteiger partial charge in [0.25, 0.3) is 0 Å². The van der Waals surface area contributed by atoms with E-state index in [-0.39, 0.29) is 5.41 Å². The maximum Gasteiger partial charge on any atom is 0.136 e. The first-order valence-corrected chi connectivity index (χ1v) is 10.00. The Morgan fingerprint density at radius 2 is 1.54 bits per heavy atom. The number of nitrogens with zero attached hydrogens (tertiary/aromatic N) is 2. The fourth-order valence-electron chi connectivity index (χ4n) is 3.54. The van der Waals surface area contributed by atoms with Crippen molar-refractivity contribution in [2.45, 2.75) is 19.3 Å². The molecule has 0 bridgehead atoms. The highest BCUT2D eigenvalue weighted by Gasteiger charge is 2.24. The molecule has 0 saturated heterocycles. The van der Waals surface area contributed by atoms with Gasteiger partial charge in [-0.25, -0.2) is 9.97 Å². The van der Waals surface area contributed by atoms with E-state index in [4.69, 9.17) is 14.4 Å². The molecular weight excluding hydrogens is 364 g/mol. The molecule has 0 aliphatic heterocycles. The van der Waals surface area contributed by atoms with Gasteiger partial charge in [-0.3, -0.25) is 0 Å². The fraction of sp³-hybridized carbons (Fsp3) is 0.167. The van der Waals surface area contributed by atoms with Crippen LogP contribution in [0.5, 0.6) is 0 Å². The van der Waals surface area contributed by atoms with Crippen molar-refractivity contribution < 1.29 is 4.42 Å². The van der Waals surface area contributed by atoms with Crippen LogP contribution in [0.1, 0.15) is 19.7 Å². The summed E-state index contributed by atoms with van der Waals surface area (Å²) in [6.07, 6.45) is 0. The lowest BCUT2D eigenvalue weighted by molar-refractivity contribution is 0.561. The van der Waals surface area contributed by atoms with Gasteiger partial charge in [0, 0.05) is 32.9 Å². The minimum Gasteiger partial charge on any atom is -0.456 e. The lowest BCUT2D eigenvalue weighted by atomic mass is 9.94. The maximum absolute atomic E-state index is 5.98. The second-order valence-electron chi connectivity index (χ2n) is 7.76. The van der Waals surface area contributed by atoms with Gasteiger partial charge in [0.1, 0.15) is 17.0 Å². The standard InChI is InChI=1S/C24H20N2OS/c1-24(2,14-28)23-25-19-9-5-3-8-17(19)22(26-23)15-11-12-21-18(13-15)16-7-4-6-10-20(16)27-21/h3-13,28H,14H2,1-2H3. The average Bonchev–Trinajstić information content (AvgIpc) is 3.11.